The highest BCUT2D eigenvalue weighted by molar-refractivity contribution is 5.94. The minimum atomic E-state index is -0.0687. The summed E-state index contributed by atoms with van der Waals surface area (Å²) in [4.78, 5) is 12.4. The number of aryl methyl sites for hydroxylation is 1. The average Bonchev–Trinajstić information content (AvgIpc) is 3.35. The molecule has 2 aromatic heterocycles. The normalized spacial score (nSPS) is 11.0. The quantitative estimate of drug-likeness (QED) is 0.514. The lowest BCUT2D eigenvalue weighted by molar-refractivity contribution is 0.0952. The van der Waals surface area contributed by atoms with E-state index >= 15 is 0 Å². The molecule has 0 aliphatic carbocycles. The molecule has 0 saturated carbocycles. The van der Waals surface area contributed by atoms with E-state index in [9.17, 15) is 4.79 Å². The van der Waals surface area contributed by atoms with E-state index < -0.39 is 0 Å². The monoisotopic (exact) mass is 360 g/mol. The van der Waals surface area contributed by atoms with E-state index in [1.165, 1.54) is 0 Å². The van der Waals surface area contributed by atoms with Gasteiger partial charge in [0.25, 0.3) is 5.91 Å². The van der Waals surface area contributed by atoms with Gasteiger partial charge in [-0.15, -0.1) is 5.10 Å². The van der Waals surface area contributed by atoms with E-state index in [1.54, 1.807) is 6.20 Å². The molecule has 0 spiro atoms. The molecule has 0 atom stereocenters. The Bertz CT molecular complexity index is 1040. The zero-order chi connectivity index (χ0) is 18.5. The Balaban J connectivity index is 1.30. The molecule has 4 aromatic rings. The van der Waals surface area contributed by atoms with Crippen LogP contribution in [0.3, 0.4) is 0 Å². The van der Waals surface area contributed by atoms with Gasteiger partial charge in [0.1, 0.15) is 5.52 Å². The third-order valence-corrected chi connectivity index (χ3v) is 4.35. The van der Waals surface area contributed by atoms with Crippen LogP contribution in [0, 0.1) is 0 Å². The van der Waals surface area contributed by atoms with E-state index in [4.69, 9.17) is 0 Å². The molecule has 2 aromatic carbocycles. The van der Waals surface area contributed by atoms with Crippen molar-refractivity contribution in [3.05, 3.63) is 78.1 Å². The lowest BCUT2D eigenvalue weighted by Crippen LogP contribution is -2.25. The smallest absolute Gasteiger partial charge is 0.251 e. The predicted molar refractivity (Wildman–Crippen MR) is 102 cm³/mol. The number of hydrogen-bond acceptors (Lipinski definition) is 4. The molecule has 7 nitrogen and oxygen atoms in total. The van der Waals surface area contributed by atoms with Crippen LogP contribution in [0.25, 0.3) is 11.0 Å². The molecule has 2 heterocycles. The van der Waals surface area contributed by atoms with Crippen LogP contribution < -0.4 is 5.32 Å². The number of rotatable bonds is 7. The van der Waals surface area contributed by atoms with Crippen molar-refractivity contribution in [3.63, 3.8) is 0 Å². The fourth-order valence-electron chi connectivity index (χ4n) is 3.01. The summed E-state index contributed by atoms with van der Waals surface area (Å²) in [5.41, 5.74) is 3.59. The summed E-state index contributed by atoms with van der Waals surface area (Å²) >= 11 is 0. The number of nitrogens with one attached hydrogen (secondary N) is 1. The molecule has 0 aliphatic rings. The van der Waals surface area contributed by atoms with Crippen molar-refractivity contribution < 1.29 is 4.79 Å². The molecule has 1 N–H and O–H groups in total. The highest BCUT2D eigenvalue weighted by Crippen LogP contribution is 2.10. The molecule has 0 aliphatic heterocycles. The Morgan fingerprint density at radius 3 is 2.89 bits per heavy atom. The molecule has 1 amide bonds. The van der Waals surface area contributed by atoms with E-state index in [1.807, 2.05) is 70.2 Å². The third kappa shape index (κ3) is 4.03. The Morgan fingerprint density at radius 1 is 1.07 bits per heavy atom. The molecule has 0 saturated heterocycles. The van der Waals surface area contributed by atoms with Crippen LogP contribution in [0.2, 0.25) is 0 Å². The summed E-state index contributed by atoms with van der Waals surface area (Å²) in [6.07, 6.45) is 4.43. The second-order valence-corrected chi connectivity index (χ2v) is 6.31. The first-order valence-electron chi connectivity index (χ1n) is 8.92. The second-order valence-electron chi connectivity index (χ2n) is 6.31. The summed E-state index contributed by atoms with van der Waals surface area (Å²) in [5, 5.41) is 15.5. The highest BCUT2D eigenvalue weighted by Gasteiger charge is 2.07. The van der Waals surface area contributed by atoms with Gasteiger partial charge in [-0.1, -0.05) is 29.5 Å². The summed E-state index contributed by atoms with van der Waals surface area (Å²) in [6, 6.07) is 17.4. The van der Waals surface area contributed by atoms with Crippen molar-refractivity contribution in [3.8, 4) is 0 Å². The maximum absolute atomic E-state index is 12.4. The minimum absolute atomic E-state index is 0.0687. The van der Waals surface area contributed by atoms with Crippen molar-refractivity contribution >= 4 is 16.9 Å². The van der Waals surface area contributed by atoms with Gasteiger partial charge in [-0.05, 0) is 42.3 Å². The number of amides is 1. The fraction of sp³-hybridized carbons (Fsp3) is 0.200. The van der Waals surface area contributed by atoms with Gasteiger partial charge in [0.15, 0.2) is 0 Å². The van der Waals surface area contributed by atoms with Gasteiger partial charge >= 0.3 is 0 Å². The van der Waals surface area contributed by atoms with Crippen molar-refractivity contribution in [1.29, 1.82) is 0 Å². The zero-order valence-corrected chi connectivity index (χ0v) is 14.8. The zero-order valence-electron chi connectivity index (χ0n) is 14.8. The molecule has 0 unspecified atom stereocenters. The first-order valence-corrected chi connectivity index (χ1v) is 8.92. The van der Waals surface area contributed by atoms with E-state index in [-0.39, 0.29) is 5.91 Å². The van der Waals surface area contributed by atoms with Crippen LogP contribution in [0.15, 0.2) is 67.0 Å². The molecule has 0 bridgehead atoms. The molecule has 0 radical (unpaired) electrons. The number of fused-ring (bicyclic) bond motifs is 1. The van der Waals surface area contributed by atoms with Crippen LogP contribution in [-0.4, -0.2) is 37.2 Å². The summed E-state index contributed by atoms with van der Waals surface area (Å²) in [5.74, 6) is -0.0687. The van der Waals surface area contributed by atoms with Crippen LogP contribution in [0.5, 0.6) is 0 Å². The maximum Gasteiger partial charge on any atom is 0.251 e. The number of carbonyl (C=O) groups is 1. The second kappa shape index (κ2) is 7.82. The Morgan fingerprint density at radius 2 is 2.00 bits per heavy atom. The molecule has 4 rings (SSSR count). The van der Waals surface area contributed by atoms with E-state index in [2.05, 4.69) is 20.7 Å². The molecular formula is C20H20N6O. The average molecular weight is 360 g/mol. The first-order chi connectivity index (χ1) is 13.3. The van der Waals surface area contributed by atoms with Gasteiger partial charge in [-0.3, -0.25) is 9.48 Å². The number of carbonyl (C=O) groups excluding carboxylic acids is 1. The van der Waals surface area contributed by atoms with Gasteiger partial charge in [-0.2, -0.15) is 5.10 Å². The number of hydrogen-bond donors (Lipinski definition) is 1. The summed E-state index contributed by atoms with van der Waals surface area (Å²) in [7, 11) is 0. The molecule has 7 heteroatoms. The number of nitrogens with zero attached hydrogens (tertiary/aromatic N) is 5. The van der Waals surface area contributed by atoms with E-state index in [0.29, 0.717) is 25.2 Å². The molecule has 0 fully saturated rings. The topological polar surface area (TPSA) is 77.6 Å². The van der Waals surface area contributed by atoms with Crippen molar-refractivity contribution in [1.82, 2.24) is 30.1 Å². The minimum Gasteiger partial charge on any atom is -0.352 e. The lowest BCUT2D eigenvalue weighted by atomic mass is 10.1. The third-order valence-electron chi connectivity index (χ3n) is 4.35. The first kappa shape index (κ1) is 17.0. The molecular weight excluding hydrogens is 340 g/mol. The highest BCUT2D eigenvalue weighted by atomic mass is 16.1. The molecule has 136 valence electrons. The van der Waals surface area contributed by atoms with Gasteiger partial charge in [0.2, 0.25) is 0 Å². The van der Waals surface area contributed by atoms with Gasteiger partial charge < -0.3 is 5.32 Å². The maximum atomic E-state index is 12.4. The fourth-order valence-corrected chi connectivity index (χ4v) is 3.01. The lowest BCUT2D eigenvalue weighted by Gasteiger charge is -2.08. The van der Waals surface area contributed by atoms with E-state index in [0.717, 1.165) is 23.0 Å². The van der Waals surface area contributed by atoms with Crippen LogP contribution in [0.1, 0.15) is 22.3 Å². The van der Waals surface area contributed by atoms with Crippen LogP contribution >= 0.6 is 0 Å². The summed E-state index contributed by atoms with van der Waals surface area (Å²) in [6.45, 7) is 1.93. The number of benzene rings is 2. The number of aromatic nitrogens is 5. The van der Waals surface area contributed by atoms with Crippen molar-refractivity contribution in [2.24, 2.45) is 0 Å². The van der Waals surface area contributed by atoms with Gasteiger partial charge in [-0.25, -0.2) is 4.68 Å². The Hall–Kier alpha value is -3.48. The van der Waals surface area contributed by atoms with Gasteiger partial charge in [0, 0.05) is 31.0 Å². The summed E-state index contributed by atoms with van der Waals surface area (Å²) < 4.78 is 3.70. The Kier molecular flexibility index (Phi) is 4.91. The van der Waals surface area contributed by atoms with Gasteiger partial charge in [0.05, 0.1) is 12.1 Å². The predicted octanol–water partition coefficient (Wildman–Crippen LogP) is 2.50. The Labute approximate surface area is 156 Å². The van der Waals surface area contributed by atoms with Crippen molar-refractivity contribution in [2.45, 2.75) is 19.5 Å². The standard InChI is InChI=1S/C20H20N6O/c27-20(17-7-3-6-16(14-17)15-25-12-5-11-22-25)21-10-4-13-26-19-9-2-1-8-18(19)23-24-26/h1-3,5-9,11-12,14H,4,10,13,15H2,(H,21,27). The van der Waals surface area contributed by atoms with Crippen LogP contribution in [-0.2, 0) is 13.1 Å². The van der Waals surface area contributed by atoms with Crippen molar-refractivity contribution in [2.75, 3.05) is 6.54 Å². The number of para-hydroxylation sites is 1. The van der Waals surface area contributed by atoms with Crippen LogP contribution in [0.4, 0.5) is 0 Å². The molecule has 27 heavy (non-hydrogen) atoms. The SMILES string of the molecule is O=C(NCCCn1nnc2ccccc21)c1cccc(Cn2cccn2)c1. The largest absolute Gasteiger partial charge is 0.352 e.